The fraction of sp³-hybridized carbons (Fsp3) is 0.849. The van der Waals surface area contributed by atoms with Crippen LogP contribution < -0.4 is 5.32 Å². The number of allylic oxidation sites excluding steroid dienone is 11. The highest BCUT2D eigenvalue weighted by Gasteiger charge is 2.54. The molecule has 0 aromatic heterocycles. The largest absolute Gasteiger partial charge is 0.394 e. The first-order valence-corrected chi connectivity index (χ1v) is 42.7. The van der Waals surface area contributed by atoms with Gasteiger partial charge in [-0.1, -0.05) is 318 Å². The fourth-order valence-corrected chi connectivity index (χ4v) is 14.1. The molecule has 1 amide bonds. The van der Waals surface area contributed by atoms with Gasteiger partial charge in [0.2, 0.25) is 5.91 Å². The summed E-state index contributed by atoms with van der Waals surface area (Å²) in [6.45, 7) is 1.74. The standard InChI is InChI=1S/C86H155NO18/c1-3-5-7-9-11-13-15-17-19-21-23-25-27-29-31-32-33-34-35-36-38-40-42-44-46-48-50-52-54-56-58-60-62-64-74(92)87-69(70(91)63-61-59-57-55-53-51-49-47-45-43-41-39-37-30-28-26-24-22-20-18-16-14-12-10-8-6-4-2)68-100-84-80(98)77(95)82(72(66-89)102-84)105-86-81(99)78(96)83(73(67-90)103-86)104-85-79(97)76(94)75(93)71(65-88)101-85/h15,17,21,23,27,29,45,47,53,55,61,63,69-73,75-86,88-91,93-99H,3-14,16,18-20,22,24-26,28,30-44,46,48-52,54,56-60,62,64-68H2,1-2H3,(H,87,92)/b17-15-,23-21-,29-27-,47-45+,55-53+,63-61+. The maximum atomic E-state index is 13.5. The smallest absolute Gasteiger partial charge is 0.220 e. The van der Waals surface area contributed by atoms with Crippen molar-refractivity contribution in [2.75, 3.05) is 26.4 Å². The Morgan fingerprint density at radius 2 is 0.638 bits per heavy atom. The van der Waals surface area contributed by atoms with Crippen LogP contribution in [0.1, 0.15) is 335 Å². The van der Waals surface area contributed by atoms with Crippen LogP contribution in [-0.2, 0) is 33.2 Å². The molecule has 3 fully saturated rings. The highest BCUT2D eigenvalue weighted by molar-refractivity contribution is 5.76. The van der Waals surface area contributed by atoms with Crippen LogP contribution in [0.3, 0.4) is 0 Å². The van der Waals surface area contributed by atoms with Gasteiger partial charge in [-0.3, -0.25) is 4.79 Å². The number of unbranched alkanes of at least 4 members (excludes halogenated alkanes) is 42. The summed E-state index contributed by atoms with van der Waals surface area (Å²) in [6, 6.07) is -1.00. The molecule has 3 aliphatic rings. The second-order valence-corrected chi connectivity index (χ2v) is 30.3. The van der Waals surface area contributed by atoms with Gasteiger partial charge in [-0.2, -0.15) is 0 Å². The van der Waals surface area contributed by atoms with Crippen molar-refractivity contribution in [2.24, 2.45) is 0 Å². The summed E-state index contributed by atoms with van der Waals surface area (Å²) in [4.78, 5) is 13.5. The molecule has 17 atom stereocenters. The lowest BCUT2D eigenvalue weighted by Gasteiger charge is -2.48. The summed E-state index contributed by atoms with van der Waals surface area (Å²) in [7, 11) is 0. The molecule has 19 nitrogen and oxygen atoms in total. The van der Waals surface area contributed by atoms with E-state index in [1.54, 1.807) is 6.08 Å². The number of hydrogen-bond acceptors (Lipinski definition) is 18. The third kappa shape index (κ3) is 45.4. The minimum atomic E-state index is -1.99. The van der Waals surface area contributed by atoms with E-state index in [4.69, 9.17) is 28.4 Å². The molecule has 105 heavy (non-hydrogen) atoms. The molecule has 0 radical (unpaired) electrons. The second-order valence-electron chi connectivity index (χ2n) is 30.3. The Morgan fingerprint density at radius 1 is 0.343 bits per heavy atom. The number of carbonyl (C=O) groups is 1. The molecule has 0 saturated carbocycles. The van der Waals surface area contributed by atoms with Crippen LogP contribution in [0.4, 0.5) is 0 Å². The number of rotatable bonds is 68. The predicted octanol–water partition coefficient (Wildman–Crippen LogP) is 15.2. The molecule has 3 aliphatic heterocycles. The lowest BCUT2D eigenvalue weighted by atomic mass is 9.96. The van der Waals surface area contributed by atoms with Gasteiger partial charge in [0.1, 0.15) is 73.2 Å². The average Bonchev–Trinajstić information content (AvgIpc) is 0.780. The van der Waals surface area contributed by atoms with Gasteiger partial charge in [-0.15, -0.1) is 0 Å². The zero-order valence-corrected chi connectivity index (χ0v) is 65.7. The quantitative estimate of drug-likeness (QED) is 0.0199. The van der Waals surface area contributed by atoms with Gasteiger partial charge < -0.3 is 89.9 Å². The van der Waals surface area contributed by atoms with Crippen LogP contribution in [0.5, 0.6) is 0 Å². The predicted molar refractivity (Wildman–Crippen MR) is 420 cm³/mol. The highest BCUT2D eigenvalue weighted by Crippen LogP contribution is 2.33. The summed E-state index contributed by atoms with van der Waals surface area (Å²) < 4.78 is 34.5. The third-order valence-electron chi connectivity index (χ3n) is 21.0. The maximum absolute atomic E-state index is 13.5. The Labute approximate surface area is 636 Å². The molecule has 17 unspecified atom stereocenters. The van der Waals surface area contributed by atoms with Crippen molar-refractivity contribution in [3.8, 4) is 0 Å². The number of ether oxygens (including phenoxy) is 6. The van der Waals surface area contributed by atoms with E-state index in [0.29, 0.717) is 12.8 Å². The first-order chi connectivity index (χ1) is 51.3. The lowest BCUT2D eigenvalue weighted by molar-refractivity contribution is -0.379. The SMILES string of the molecule is CCCCCCC/C=C\C/C=C\C/C=C\CCCCCCCCCCCCCCCCCCCCC(=O)NC(COC1OC(CO)C(OC2OC(CO)C(OC3OC(CO)C(O)C(O)C3O)C(O)C2O)C(O)C1O)C(O)/C=C/CC/C=C/CC/C=C/CCCCCCCCCCCCCCCCCCC. The molecule has 612 valence electrons. The van der Waals surface area contributed by atoms with Crippen molar-refractivity contribution in [1.29, 1.82) is 0 Å². The van der Waals surface area contributed by atoms with E-state index in [1.807, 2.05) is 6.08 Å². The van der Waals surface area contributed by atoms with Crippen LogP contribution in [-0.4, -0.2) is 193 Å². The molecule has 3 heterocycles. The summed E-state index contributed by atoms with van der Waals surface area (Å²) in [6.07, 6.45) is 60.4. The summed E-state index contributed by atoms with van der Waals surface area (Å²) in [5.41, 5.74) is 0. The number of aliphatic hydroxyl groups excluding tert-OH is 11. The van der Waals surface area contributed by atoms with Crippen LogP contribution >= 0.6 is 0 Å². The van der Waals surface area contributed by atoms with Crippen LogP contribution in [0, 0.1) is 0 Å². The lowest BCUT2D eigenvalue weighted by Crippen LogP contribution is -2.66. The highest BCUT2D eigenvalue weighted by atomic mass is 16.8. The number of amides is 1. The molecule has 0 spiro atoms. The van der Waals surface area contributed by atoms with E-state index in [1.165, 1.54) is 244 Å². The Balaban J connectivity index is 1.37. The molecule has 0 aromatic carbocycles. The Morgan fingerprint density at radius 3 is 1.02 bits per heavy atom. The molecule has 19 heteroatoms. The van der Waals surface area contributed by atoms with Crippen molar-refractivity contribution >= 4 is 5.91 Å². The molecular weight excluding hydrogens is 1330 g/mol. The fourth-order valence-electron chi connectivity index (χ4n) is 14.1. The molecule has 0 aliphatic carbocycles. The zero-order valence-electron chi connectivity index (χ0n) is 65.7. The monoisotopic (exact) mass is 1490 g/mol. The van der Waals surface area contributed by atoms with E-state index < -0.39 is 124 Å². The van der Waals surface area contributed by atoms with Crippen LogP contribution in [0.2, 0.25) is 0 Å². The first-order valence-electron chi connectivity index (χ1n) is 42.7. The summed E-state index contributed by atoms with van der Waals surface area (Å²) >= 11 is 0. The molecule has 3 saturated heterocycles. The normalized spacial score (nSPS) is 26.1. The Hall–Kier alpha value is -2.77. The maximum Gasteiger partial charge on any atom is 0.220 e. The van der Waals surface area contributed by atoms with E-state index in [2.05, 4.69) is 79.9 Å². The van der Waals surface area contributed by atoms with Gasteiger partial charge >= 0.3 is 0 Å². The van der Waals surface area contributed by atoms with Gasteiger partial charge in [-0.25, -0.2) is 0 Å². The number of aliphatic hydroxyl groups is 11. The van der Waals surface area contributed by atoms with Crippen molar-refractivity contribution in [2.45, 2.75) is 439 Å². The van der Waals surface area contributed by atoms with Crippen LogP contribution in [0.15, 0.2) is 72.9 Å². The van der Waals surface area contributed by atoms with Crippen molar-refractivity contribution < 1.29 is 89.4 Å². The van der Waals surface area contributed by atoms with E-state index in [0.717, 1.165) is 57.8 Å². The molecule has 0 bridgehead atoms. The van der Waals surface area contributed by atoms with Gasteiger partial charge in [0.15, 0.2) is 18.9 Å². The third-order valence-corrected chi connectivity index (χ3v) is 21.0. The molecular formula is C86H155NO18. The van der Waals surface area contributed by atoms with E-state index in [9.17, 15) is 61.0 Å². The zero-order chi connectivity index (χ0) is 76.0. The van der Waals surface area contributed by atoms with Crippen molar-refractivity contribution in [3.05, 3.63) is 72.9 Å². The minimum Gasteiger partial charge on any atom is -0.394 e. The van der Waals surface area contributed by atoms with Crippen LogP contribution in [0.25, 0.3) is 0 Å². The van der Waals surface area contributed by atoms with Gasteiger partial charge in [0.25, 0.3) is 0 Å². The summed E-state index contributed by atoms with van der Waals surface area (Å²) in [5.74, 6) is -0.286. The van der Waals surface area contributed by atoms with Gasteiger partial charge in [0, 0.05) is 6.42 Å². The first kappa shape index (κ1) is 96.4. The molecule has 3 rings (SSSR count). The minimum absolute atomic E-state index is 0.231. The number of carbonyl (C=O) groups excluding carboxylic acids is 1. The molecule has 0 aromatic rings. The van der Waals surface area contributed by atoms with E-state index in [-0.39, 0.29) is 18.9 Å². The average molecular weight is 1490 g/mol. The van der Waals surface area contributed by atoms with Crippen molar-refractivity contribution in [1.82, 2.24) is 5.32 Å². The topological polar surface area (TPSA) is 307 Å². The number of hydrogen-bond donors (Lipinski definition) is 12. The number of nitrogens with one attached hydrogen (secondary N) is 1. The van der Waals surface area contributed by atoms with Gasteiger partial charge in [-0.05, 0) is 83.5 Å². The Kier molecular flexibility index (Phi) is 60.5. The Bertz CT molecular complexity index is 2180. The second kappa shape index (κ2) is 65.9. The van der Waals surface area contributed by atoms with Gasteiger partial charge in [0.05, 0.1) is 38.6 Å². The van der Waals surface area contributed by atoms with Crippen molar-refractivity contribution in [3.63, 3.8) is 0 Å². The summed E-state index contributed by atoms with van der Waals surface area (Å²) in [5, 5.41) is 121. The van der Waals surface area contributed by atoms with E-state index >= 15 is 0 Å². The molecule has 12 N–H and O–H groups in total.